The van der Waals surface area contributed by atoms with Crippen LogP contribution in [0.4, 0.5) is 27.7 Å². The van der Waals surface area contributed by atoms with Gasteiger partial charge in [0.1, 0.15) is 27.6 Å². The van der Waals surface area contributed by atoms with Crippen LogP contribution in [-0.4, -0.2) is 98.3 Å². The Morgan fingerprint density at radius 3 is 2.67 bits per heavy atom. The number of halogens is 1. The molecule has 13 heteroatoms. The Kier molecular flexibility index (Phi) is 8.42. The van der Waals surface area contributed by atoms with Gasteiger partial charge >= 0.3 is 0 Å². The van der Waals surface area contributed by atoms with Gasteiger partial charge in [-0.05, 0) is 61.4 Å². The number of nitrogens with zero attached hydrogens (tertiary/aromatic N) is 6. The molecule has 3 atom stereocenters. The minimum Gasteiger partial charge on any atom is -0.378 e. The van der Waals surface area contributed by atoms with Crippen molar-refractivity contribution in [3.05, 3.63) is 54.9 Å². The van der Waals surface area contributed by atoms with Gasteiger partial charge in [0.2, 0.25) is 11.9 Å². The number of piperidine rings is 1. The fourth-order valence-electron chi connectivity index (χ4n) is 7.08. The SMILES string of the molecule is C=CC(=O)N1CCC[C@@]1(C)c1ccc(N2CC(CS(C)(=O)=O)C2)c2cnc(Nc3ccnc(N4CC[C@@H](OC)[C@@H](F)C4)n3)cc12. The number of hydrogen-bond acceptors (Lipinski definition) is 10. The third-order valence-corrected chi connectivity index (χ3v) is 10.4. The highest BCUT2D eigenvalue weighted by atomic mass is 32.2. The first-order valence-electron chi connectivity index (χ1n) is 15.3. The van der Waals surface area contributed by atoms with Crippen molar-refractivity contribution in [3.63, 3.8) is 0 Å². The number of carbonyl (C=O) groups is 1. The largest absolute Gasteiger partial charge is 0.378 e. The van der Waals surface area contributed by atoms with E-state index in [2.05, 4.69) is 45.8 Å². The Morgan fingerprint density at radius 1 is 1.16 bits per heavy atom. The second-order valence-corrected chi connectivity index (χ2v) is 14.8. The molecule has 0 aliphatic carbocycles. The van der Waals surface area contributed by atoms with Crippen LogP contribution in [0.5, 0.6) is 0 Å². The Bertz CT molecular complexity index is 1720. The zero-order chi connectivity index (χ0) is 31.9. The number of carbonyl (C=O) groups excluding carboxylic acids is 1. The summed E-state index contributed by atoms with van der Waals surface area (Å²) in [5, 5.41) is 5.18. The minimum absolute atomic E-state index is 0.0802. The van der Waals surface area contributed by atoms with Crippen molar-refractivity contribution in [2.75, 3.05) is 67.0 Å². The number of hydrogen-bond donors (Lipinski definition) is 1. The average molecular weight is 638 g/mol. The summed E-state index contributed by atoms with van der Waals surface area (Å²) in [5.41, 5.74) is 1.43. The molecule has 0 bridgehead atoms. The van der Waals surface area contributed by atoms with Crippen molar-refractivity contribution in [1.82, 2.24) is 19.9 Å². The second-order valence-electron chi connectivity index (χ2n) is 12.6. The Hall–Kier alpha value is -3.84. The second kappa shape index (κ2) is 12.2. The number of fused-ring (bicyclic) bond motifs is 1. The predicted octanol–water partition coefficient (Wildman–Crippen LogP) is 3.84. The normalized spacial score (nSPS) is 24.1. The zero-order valence-electron chi connectivity index (χ0n) is 25.9. The smallest absolute Gasteiger partial charge is 0.246 e. The van der Waals surface area contributed by atoms with E-state index in [4.69, 9.17) is 9.72 Å². The molecule has 1 amide bonds. The molecule has 3 aliphatic heterocycles. The molecule has 0 saturated carbocycles. The van der Waals surface area contributed by atoms with Gasteiger partial charge < -0.3 is 24.8 Å². The number of sulfone groups is 1. The standard InChI is InChI=1S/C32H40FN7O4S/c1-5-30(41)40-13-6-11-32(40,2)24-7-8-26(39-17-21(18-39)20-45(4,42)43)23-16-35-29(15-22(23)24)36-28-9-12-34-31(37-28)38-14-10-27(44-3)25(33)19-38/h5,7-9,12,15-16,21,25,27H,1,6,10-11,13-14,17-20H2,2-4H3,(H,34,35,36,37)/t25-,27+,32-/m0/s1. The van der Waals surface area contributed by atoms with Crippen LogP contribution in [0.15, 0.2) is 49.3 Å². The van der Waals surface area contributed by atoms with E-state index in [9.17, 15) is 17.6 Å². The highest BCUT2D eigenvalue weighted by molar-refractivity contribution is 7.90. The summed E-state index contributed by atoms with van der Waals surface area (Å²) < 4.78 is 43.5. The first-order chi connectivity index (χ1) is 21.5. The molecule has 3 aromatic rings. The molecule has 0 spiro atoms. The molecule has 0 unspecified atom stereocenters. The number of rotatable bonds is 9. The van der Waals surface area contributed by atoms with Gasteiger partial charge in [0, 0.05) is 68.9 Å². The molecule has 0 radical (unpaired) electrons. The third-order valence-electron chi connectivity index (χ3n) is 9.34. The molecule has 2 aromatic heterocycles. The lowest BCUT2D eigenvalue weighted by Gasteiger charge is -2.42. The van der Waals surface area contributed by atoms with Gasteiger partial charge in [-0.3, -0.25) is 4.79 Å². The van der Waals surface area contributed by atoms with Gasteiger partial charge in [-0.2, -0.15) is 4.98 Å². The van der Waals surface area contributed by atoms with Crippen LogP contribution in [0.1, 0.15) is 31.7 Å². The van der Waals surface area contributed by atoms with Gasteiger partial charge in [-0.1, -0.05) is 12.6 Å². The molecule has 11 nitrogen and oxygen atoms in total. The number of amides is 1. The van der Waals surface area contributed by atoms with E-state index >= 15 is 0 Å². The highest BCUT2D eigenvalue weighted by Crippen LogP contribution is 2.45. The average Bonchev–Trinajstić information content (AvgIpc) is 3.39. The van der Waals surface area contributed by atoms with Crippen LogP contribution in [0, 0.1) is 5.92 Å². The van der Waals surface area contributed by atoms with E-state index in [-0.39, 0.29) is 24.1 Å². The number of nitrogens with one attached hydrogen (secondary N) is 1. The van der Waals surface area contributed by atoms with Crippen LogP contribution in [0.2, 0.25) is 0 Å². The number of aromatic nitrogens is 3. The molecule has 6 rings (SSSR count). The summed E-state index contributed by atoms with van der Waals surface area (Å²) in [6, 6.07) is 7.86. The van der Waals surface area contributed by atoms with Crippen molar-refractivity contribution < 1.29 is 22.3 Å². The van der Waals surface area contributed by atoms with Gasteiger partial charge in [0.05, 0.1) is 23.9 Å². The van der Waals surface area contributed by atoms with Crippen LogP contribution in [0.3, 0.4) is 0 Å². The zero-order valence-corrected chi connectivity index (χ0v) is 26.8. The number of benzene rings is 1. The Morgan fingerprint density at radius 2 is 1.96 bits per heavy atom. The van der Waals surface area contributed by atoms with E-state index in [1.165, 1.54) is 19.4 Å². The molecule has 3 saturated heterocycles. The molecule has 3 aliphatic rings. The fourth-order valence-corrected chi connectivity index (χ4v) is 8.14. The summed E-state index contributed by atoms with van der Waals surface area (Å²) in [7, 11) is -1.53. The lowest BCUT2D eigenvalue weighted by molar-refractivity contribution is -0.129. The summed E-state index contributed by atoms with van der Waals surface area (Å²) in [6.07, 6.45) is 6.78. The minimum atomic E-state index is -3.06. The van der Waals surface area contributed by atoms with Crippen LogP contribution < -0.4 is 15.1 Å². The molecule has 1 aromatic carbocycles. The molecule has 45 heavy (non-hydrogen) atoms. The lowest BCUT2D eigenvalue weighted by atomic mass is 9.85. The summed E-state index contributed by atoms with van der Waals surface area (Å²) >= 11 is 0. The Balaban J connectivity index is 1.34. The number of methoxy groups -OCH3 is 1. The summed E-state index contributed by atoms with van der Waals surface area (Å²) in [5.74, 6) is 1.66. The predicted molar refractivity (Wildman–Crippen MR) is 173 cm³/mol. The quantitative estimate of drug-likeness (QED) is 0.347. The van der Waals surface area contributed by atoms with Crippen LogP contribution >= 0.6 is 0 Å². The van der Waals surface area contributed by atoms with Crippen molar-refractivity contribution in [3.8, 4) is 0 Å². The molecular weight excluding hydrogens is 597 g/mol. The summed E-state index contributed by atoms with van der Waals surface area (Å²) in [4.78, 5) is 32.6. The van der Waals surface area contributed by atoms with E-state index < -0.39 is 27.7 Å². The van der Waals surface area contributed by atoms with E-state index in [0.29, 0.717) is 50.2 Å². The van der Waals surface area contributed by atoms with E-state index in [1.54, 1.807) is 12.3 Å². The van der Waals surface area contributed by atoms with Crippen molar-refractivity contribution in [2.45, 2.75) is 44.0 Å². The highest BCUT2D eigenvalue weighted by Gasteiger charge is 2.42. The lowest BCUT2D eigenvalue weighted by Crippen LogP contribution is -2.49. The van der Waals surface area contributed by atoms with Gasteiger partial charge in [0.25, 0.3) is 0 Å². The molecular formula is C32H40FN7O4S. The first kappa shape index (κ1) is 31.2. The van der Waals surface area contributed by atoms with Crippen molar-refractivity contribution in [1.29, 1.82) is 0 Å². The molecule has 3 fully saturated rings. The summed E-state index contributed by atoms with van der Waals surface area (Å²) in [6.45, 7) is 8.49. The fraction of sp³-hybridized carbons (Fsp3) is 0.500. The van der Waals surface area contributed by atoms with Crippen LogP contribution in [-0.2, 0) is 24.9 Å². The first-order valence-corrected chi connectivity index (χ1v) is 17.4. The van der Waals surface area contributed by atoms with Crippen molar-refractivity contribution in [2.24, 2.45) is 5.92 Å². The Labute approximate surface area is 263 Å². The van der Waals surface area contributed by atoms with Gasteiger partial charge in [0.15, 0.2) is 0 Å². The number of pyridine rings is 1. The van der Waals surface area contributed by atoms with Crippen LogP contribution in [0.25, 0.3) is 10.8 Å². The molecule has 5 heterocycles. The maximum absolute atomic E-state index is 14.6. The number of anilines is 4. The topological polar surface area (TPSA) is 121 Å². The van der Waals surface area contributed by atoms with Gasteiger partial charge in [-0.15, -0.1) is 0 Å². The van der Waals surface area contributed by atoms with E-state index in [1.807, 2.05) is 22.1 Å². The third kappa shape index (κ3) is 6.19. The van der Waals surface area contributed by atoms with E-state index in [0.717, 1.165) is 34.9 Å². The molecule has 1 N–H and O–H groups in total. The maximum atomic E-state index is 14.6. The molecule has 240 valence electrons. The number of ether oxygens (including phenoxy) is 1. The maximum Gasteiger partial charge on any atom is 0.246 e. The van der Waals surface area contributed by atoms with Gasteiger partial charge in [-0.25, -0.2) is 22.8 Å². The number of alkyl halides is 1. The number of likely N-dealkylation sites (tertiary alicyclic amines) is 1. The van der Waals surface area contributed by atoms with Crippen molar-refractivity contribution >= 4 is 49.8 Å². The monoisotopic (exact) mass is 637 g/mol.